The number of halogens is 4. The molecule has 32 heavy (non-hydrogen) atoms. The Bertz CT molecular complexity index is 1280. The lowest BCUT2D eigenvalue weighted by atomic mass is 10.1. The third kappa shape index (κ3) is 4.52. The SMILES string of the molecule is COc1ccc(Cl)cc1-c1nn(CCC(F)(F)F)cc1NC(=O)c1cnn2cccnc12. The maximum absolute atomic E-state index is 12.9. The van der Waals surface area contributed by atoms with Crippen LogP contribution in [0, 0.1) is 0 Å². The van der Waals surface area contributed by atoms with E-state index >= 15 is 0 Å². The van der Waals surface area contributed by atoms with Gasteiger partial charge in [0.15, 0.2) is 5.65 Å². The molecule has 0 spiro atoms. The number of methoxy groups -OCH3 is 1. The second-order valence-corrected chi connectivity index (χ2v) is 7.20. The number of anilines is 1. The number of hydrogen-bond donors (Lipinski definition) is 1. The van der Waals surface area contributed by atoms with Crippen LogP contribution in [-0.4, -0.2) is 43.6 Å². The number of benzene rings is 1. The molecule has 8 nitrogen and oxygen atoms in total. The zero-order chi connectivity index (χ0) is 22.9. The van der Waals surface area contributed by atoms with Crippen molar-refractivity contribution in [2.75, 3.05) is 12.4 Å². The minimum atomic E-state index is -4.36. The molecule has 4 rings (SSSR count). The summed E-state index contributed by atoms with van der Waals surface area (Å²) in [5, 5.41) is 11.4. The number of amides is 1. The van der Waals surface area contributed by atoms with Gasteiger partial charge in [-0.1, -0.05) is 11.6 Å². The summed E-state index contributed by atoms with van der Waals surface area (Å²) < 4.78 is 46.1. The zero-order valence-corrected chi connectivity index (χ0v) is 17.4. The molecule has 0 radical (unpaired) electrons. The predicted molar refractivity (Wildman–Crippen MR) is 111 cm³/mol. The van der Waals surface area contributed by atoms with Gasteiger partial charge < -0.3 is 10.1 Å². The first-order valence-corrected chi connectivity index (χ1v) is 9.71. The Labute approximate surface area is 184 Å². The van der Waals surface area contributed by atoms with Crippen molar-refractivity contribution in [2.45, 2.75) is 19.1 Å². The Hall–Kier alpha value is -3.60. The van der Waals surface area contributed by atoms with Gasteiger partial charge in [-0.05, 0) is 24.3 Å². The second-order valence-electron chi connectivity index (χ2n) is 6.76. The number of alkyl halides is 3. The Kier molecular flexibility index (Phi) is 5.74. The average Bonchev–Trinajstić information content (AvgIpc) is 3.36. The van der Waals surface area contributed by atoms with E-state index in [9.17, 15) is 18.0 Å². The molecule has 1 aromatic carbocycles. The number of rotatable bonds is 6. The van der Waals surface area contributed by atoms with Crippen molar-refractivity contribution in [3.05, 3.63) is 59.6 Å². The van der Waals surface area contributed by atoms with E-state index in [1.54, 1.807) is 30.5 Å². The van der Waals surface area contributed by atoms with Crippen molar-refractivity contribution in [2.24, 2.45) is 0 Å². The van der Waals surface area contributed by atoms with Gasteiger partial charge in [-0.2, -0.15) is 23.4 Å². The lowest BCUT2D eigenvalue weighted by Crippen LogP contribution is -2.13. The summed E-state index contributed by atoms with van der Waals surface area (Å²) in [6, 6.07) is 6.43. The quantitative estimate of drug-likeness (QED) is 0.455. The molecule has 1 N–H and O–H groups in total. The lowest BCUT2D eigenvalue weighted by Gasteiger charge is -2.09. The third-order valence-electron chi connectivity index (χ3n) is 4.57. The van der Waals surface area contributed by atoms with Crippen molar-refractivity contribution in [3.8, 4) is 17.0 Å². The van der Waals surface area contributed by atoms with Crippen LogP contribution in [0.5, 0.6) is 5.75 Å². The van der Waals surface area contributed by atoms with Gasteiger partial charge in [-0.15, -0.1) is 0 Å². The van der Waals surface area contributed by atoms with Gasteiger partial charge in [0, 0.05) is 35.7 Å². The highest BCUT2D eigenvalue weighted by atomic mass is 35.5. The Morgan fingerprint density at radius 1 is 1.31 bits per heavy atom. The van der Waals surface area contributed by atoms with E-state index in [1.165, 1.54) is 30.2 Å². The maximum atomic E-state index is 12.9. The molecular formula is C20H16ClF3N6O2. The molecule has 0 fully saturated rings. The number of nitrogens with one attached hydrogen (secondary N) is 1. The molecule has 0 atom stereocenters. The summed E-state index contributed by atoms with van der Waals surface area (Å²) in [5.74, 6) is -0.153. The van der Waals surface area contributed by atoms with E-state index in [1.807, 2.05) is 0 Å². The number of aromatic nitrogens is 5. The first-order chi connectivity index (χ1) is 15.2. The summed E-state index contributed by atoms with van der Waals surface area (Å²) in [5.41, 5.74) is 1.34. The standard InChI is InChI=1S/C20H16ClF3N6O2/c1-32-16-4-3-12(21)9-13(16)17-15(11-29(28-17)8-5-20(22,23)24)27-19(31)14-10-26-30-7-2-6-25-18(14)30/h2-4,6-7,9-11H,5,8H2,1H3,(H,27,31). The molecule has 1 amide bonds. The van der Waals surface area contributed by atoms with Gasteiger partial charge in [0.25, 0.3) is 5.91 Å². The van der Waals surface area contributed by atoms with Gasteiger partial charge in [0.05, 0.1) is 25.4 Å². The van der Waals surface area contributed by atoms with E-state index in [4.69, 9.17) is 16.3 Å². The van der Waals surface area contributed by atoms with Crippen LogP contribution in [0.2, 0.25) is 5.02 Å². The molecular weight excluding hydrogens is 449 g/mol. The highest BCUT2D eigenvalue weighted by Crippen LogP contribution is 2.36. The van der Waals surface area contributed by atoms with Crippen LogP contribution < -0.4 is 10.1 Å². The van der Waals surface area contributed by atoms with Crippen molar-refractivity contribution in [1.82, 2.24) is 24.4 Å². The molecule has 3 heterocycles. The fourth-order valence-corrected chi connectivity index (χ4v) is 3.28. The molecule has 4 aromatic rings. The van der Waals surface area contributed by atoms with E-state index in [-0.39, 0.29) is 16.9 Å². The second kappa shape index (κ2) is 8.50. The minimum Gasteiger partial charge on any atom is -0.496 e. The van der Waals surface area contributed by atoms with Crippen LogP contribution >= 0.6 is 11.6 Å². The topological polar surface area (TPSA) is 86.3 Å². The van der Waals surface area contributed by atoms with Crippen LogP contribution in [0.4, 0.5) is 18.9 Å². The fraction of sp³-hybridized carbons (Fsp3) is 0.200. The molecule has 0 aliphatic carbocycles. The molecule has 3 aromatic heterocycles. The van der Waals surface area contributed by atoms with E-state index in [0.717, 1.165) is 4.68 Å². The van der Waals surface area contributed by atoms with Crippen molar-refractivity contribution in [1.29, 1.82) is 0 Å². The number of carbonyl (C=O) groups is 1. The molecule has 0 saturated heterocycles. The highest BCUT2D eigenvalue weighted by Gasteiger charge is 2.28. The van der Waals surface area contributed by atoms with Gasteiger partial charge in [0.1, 0.15) is 17.0 Å². The summed E-state index contributed by atoms with van der Waals surface area (Å²) in [4.78, 5) is 17.1. The smallest absolute Gasteiger partial charge is 0.390 e. The summed E-state index contributed by atoms with van der Waals surface area (Å²) in [7, 11) is 1.44. The van der Waals surface area contributed by atoms with Gasteiger partial charge >= 0.3 is 6.18 Å². The van der Waals surface area contributed by atoms with Crippen LogP contribution in [0.3, 0.4) is 0 Å². The largest absolute Gasteiger partial charge is 0.496 e. The number of ether oxygens (including phenoxy) is 1. The highest BCUT2D eigenvalue weighted by molar-refractivity contribution is 6.31. The number of aryl methyl sites for hydroxylation is 1. The Morgan fingerprint density at radius 3 is 2.88 bits per heavy atom. The van der Waals surface area contributed by atoms with Crippen molar-refractivity contribution < 1.29 is 22.7 Å². The number of nitrogens with zero attached hydrogens (tertiary/aromatic N) is 5. The van der Waals surface area contributed by atoms with Crippen LogP contribution in [-0.2, 0) is 6.54 Å². The van der Waals surface area contributed by atoms with E-state index in [0.29, 0.717) is 22.0 Å². The molecule has 0 aliphatic heterocycles. The summed E-state index contributed by atoms with van der Waals surface area (Å²) in [6.07, 6.45) is 0.407. The number of carbonyl (C=O) groups excluding carboxylic acids is 1. The molecule has 12 heteroatoms. The minimum absolute atomic E-state index is 0.188. The van der Waals surface area contributed by atoms with Crippen LogP contribution in [0.25, 0.3) is 16.9 Å². The first kappa shape index (κ1) is 21.6. The van der Waals surface area contributed by atoms with Crippen LogP contribution in [0.15, 0.2) is 49.1 Å². The predicted octanol–water partition coefficient (Wildman–Crippen LogP) is 4.46. The maximum Gasteiger partial charge on any atom is 0.390 e. The van der Waals surface area contributed by atoms with Gasteiger partial charge in [-0.25, -0.2) is 9.50 Å². The fourth-order valence-electron chi connectivity index (χ4n) is 3.11. The van der Waals surface area contributed by atoms with Crippen molar-refractivity contribution >= 4 is 28.8 Å². The number of fused-ring (bicyclic) bond motifs is 1. The summed E-state index contributed by atoms with van der Waals surface area (Å²) in [6.45, 7) is -0.423. The molecule has 0 unspecified atom stereocenters. The van der Waals surface area contributed by atoms with E-state index < -0.39 is 25.0 Å². The molecule has 166 valence electrons. The van der Waals surface area contributed by atoms with Crippen molar-refractivity contribution in [3.63, 3.8) is 0 Å². The van der Waals surface area contributed by atoms with Crippen LogP contribution in [0.1, 0.15) is 16.8 Å². The summed E-state index contributed by atoms with van der Waals surface area (Å²) >= 11 is 6.11. The normalized spacial score (nSPS) is 11.7. The Balaban J connectivity index is 1.73. The molecule has 0 saturated carbocycles. The number of hydrogen-bond acceptors (Lipinski definition) is 5. The average molecular weight is 465 g/mol. The Morgan fingerprint density at radius 2 is 2.12 bits per heavy atom. The van der Waals surface area contributed by atoms with Gasteiger partial charge in [-0.3, -0.25) is 9.48 Å². The first-order valence-electron chi connectivity index (χ1n) is 9.33. The lowest BCUT2D eigenvalue weighted by molar-refractivity contribution is -0.137. The molecule has 0 aliphatic rings. The van der Waals surface area contributed by atoms with Gasteiger partial charge in [0.2, 0.25) is 0 Å². The monoisotopic (exact) mass is 464 g/mol. The molecule has 0 bridgehead atoms. The zero-order valence-electron chi connectivity index (χ0n) is 16.6. The third-order valence-corrected chi connectivity index (χ3v) is 4.81. The van der Waals surface area contributed by atoms with E-state index in [2.05, 4.69) is 20.5 Å².